The number of carboxylic acids is 3. The van der Waals surface area contributed by atoms with Crippen molar-refractivity contribution in [3.63, 3.8) is 0 Å². The second-order valence-electron chi connectivity index (χ2n) is 9.79. The molecule has 13 heteroatoms. The van der Waals surface area contributed by atoms with Crippen molar-refractivity contribution in [1.82, 2.24) is 0 Å². The van der Waals surface area contributed by atoms with Crippen molar-refractivity contribution in [2.75, 3.05) is 28.9 Å². The average Bonchev–Trinajstić information content (AvgIpc) is 3.32. The number of amides is 2. The summed E-state index contributed by atoms with van der Waals surface area (Å²) < 4.78 is 0. The van der Waals surface area contributed by atoms with E-state index >= 15 is 0 Å². The van der Waals surface area contributed by atoms with Crippen molar-refractivity contribution in [1.29, 1.82) is 0 Å². The Kier molecular flexibility index (Phi) is 7.07. The molecule has 0 unspecified atom stereocenters. The topological polar surface area (TPSA) is 180 Å². The number of aromatic carboxylic acids is 3. The van der Waals surface area contributed by atoms with Gasteiger partial charge in [-0.15, -0.1) is 5.10 Å². The zero-order chi connectivity index (χ0) is 31.2. The highest BCUT2D eigenvalue weighted by molar-refractivity contribution is 6.61. The number of hydrazone groups is 1. The third kappa shape index (κ3) is 5.10. The van der Waals surface area contributed by atoms with Crippen LogP contribution in [0, 0.1) is 0 Å². The molecule has 43 heavy (non-hydrogen) atoms. The number of hydrogen-bond donors (Lipinski definition) is 3. The van der Waals surface area contributed by atoms with Gasteiger partial charge in [-0.3, -0.25) is 14.5 Å². The molecule has 2 aliphatic heterocycles. The molecule has 2 aliphatic rings. The lowest BCUT2D eigenvalue weighted by Gasteiger charge is -2.28. The van der Waals surface area contributed by atoms with Gasteiger partial charge in [-0.2, -0.15) is 5.01 Å². The number of nitrogens with zero attached hydrogens (tertiary/aromatic N) is 5. The predicted molar refractivity (Wildman–Crippen MR) is 157 cm³/mol. The normalized spacial score (nSPS) is 15.5. The molecule has 13 nitrogen and oxygen atoms in total. The van der Waals surface area contributed by atoms with E-state index in [0.717, 1.165) is 33.8 Å². The first-order valence-electron chi connectivity index (χ1n) is 12.7. The Morgan fingerprint density at radius 3 is 1.91 bits per heavy atom. The van der Waals surface area contributed by atoms with E-state index in [9.17, 15) is 39.3 Å². The highest BCUT2D eigenvalue weighted by Crippen LogP contribution is 2.35. The summed E-state index contributed by atoms with van der Waals surface area (Å²) in [5.74, 6) is -5.79. The van der Waals surface area contributed by atoms with Crippen molar-refractivity contribution in [2.45, 2.75) is 6.92 Å². The van der Waals surface area contributed by atoms with Crippen LogP contribution in [0.25, 0.3) is 0 Å². The van der Waals surface area contributed by atoms with Crippen molar-refractivity contribution in [2.24, 2.45) is 10.1 Å². The summed E-state index contributed by atoms with van der Waals surface area (Å²) in [6, 6.07) is 15.5. The zero-order valence-corrected chi connectivity index (χ0v) is 23.0. The number of aliphatic imine (C=N–C) groups is 1. The number of carbonyl (C=O) groups is 5. The van der Waals surface area contributed by atoms with Gasteiger partial charge in [0.1, 0.15) is 5.71 Å². The quantitative estimate of drug-likeness (QED) is 0.375. The van der Waals surface area contributed by atoms with Gasteiger partial charge in [-0.1, -0.05) is 6.07 Å². The molecular formula is C30H23N5O8. The van der Waals surface area contributed by atoms with Crippen LogP contribution in [-0.4, -0.2) is 70.7 Å². The van der Waals surface area contributed by atoms with Crippen molar-refractivity contribution in [3.05, 3.63) is 94.6 Å². The summed E-state index contributed by atoms with van der Waals surface area (Å²) in [5, 5.41) is 34.0. The van der Waals surface area contributed by atoms with Crippen LogP contribution in [0.4, 0.5) is 22.7 Å². The summed E-state index contributed by atoms with van der Waals surface area (Å²) in [6.45, 7) is 1.51. The SMILES string of the molecule is CC1=C2C(=O)N(c3cccc(C(=O)O)c3)N=C2N(c2cc(C(=O)O)cc(C(=O)O)c2)C(=O)C1=Nc1ccc(N(C)C)cc1. The smallest absolute Gasteiger partial charge is 0.335 e. The van der Waals surface area contributed by atoms with Crippen LogP contribution in [0.3, 0.4) is 0 Å². The molecule has 0 aromatic heterocycles. The first-order chi connectivity index (χ1) is 20.4. The maximum absolute atomic E-state index is 14.1. The van der Waals surface area contributed by atoms with E-state index in [4.69, 9.17) is 0 Å². The number of anilines is 3. The maximum Gasteiger partial charge on any atom is 0.335 e. The molecule has 0 saturated heterocycles. The summed E-state index contributed by atoms with van der Waals surface area (Å²) in [6.07, 6.45) is 0. The van der Waals surface area contributed by atoms with Crippen LogP contribution >= 0.6 is 0 Å². The molecule has 2 heterocycles. The lowest BCUT2D eigenvalue weighted by Crippen LogP contribution is -2.47. The fourth-order valence-electron chi connectivity index (χ4n) is 4.62. The van der Waals surface area contributed by atoms with E-state index in [1.54, 1.807) is 24.3 Å². The monoisotopic (exact) mass is 581 g/mol. The Hall–Kier alpha value is -6.11. The van der Waals surface area contributed by atoms with E-state index < -0.39 is 40.8 Å². The molecule has 0 bridgehead atoms. The molecule has 3 aromatic rings. The number of amidine groups is 1. The molecule has 216 valence electrons. The lowest BCUT2D eigenvalue weighted by atomic mass is 9.95. The fourth-order valence-corrected chi connectivity index (χ4v) is 4.62. The van der Waals surface area contributed by atoms with E-state index in [1.165, 1.54) is 31.2 Å². The van der Waals surface area contributed by atoms with Crippen molar-refractivity contribution in [3.8, 4) is 0 Å². The van der Waals surface area contributed by atoms with Crippen LogP contribution in [-0.2, 0) is 9.59 Å². The molecule has 0 fully saturated rings. The molecular weight excluding hydrogens is 558 g/mol. The third-order valence-electron chi connectivity index (χ3n) is 6.79. The van der Waals surface area contributed by atoms with Gasteiger partial charge in [-0.25, -0.2) is 19.4 Å². The minimum Gasteiger partial charge on any atom is -0.478 e. The van der Waals surface area contributed by atoms with Crippen LogP contribution in [0.15, 0.2) is 88.0 Å². The molecule has 0 aliphatic carbocycles. The first kappa shape index (κ1) is 28.4. The zero-order valence-electron chi connectivity index (χ0n) is 23.0. The fraction of sp³-hybridized carbons (Fsp3) is 0.100. The van der Waals surface area contributed by atoms with Gasteiger partial charge in [0.25, 0.3) is 11.8 Å². The Morgan fingerprint density at radius 2 is 1.35 bits per heavy atom. The van der Waals surface area contributed by atoms with Crippen LogP contribution < -0.4 is 14.8 Å². The van der Waals surface area contributed by atoms with E-state index in [-0.39, 0.29) is 39.6 Å². The predicted octanol–water partition coefficient (Wildman–Crippen LogP) is 3.64. The molecule has 0 atom stereocenters. The molecule has 0 saturated carbocycles. The Morgan fingerprint density at radius 1 is 0.767 bits per heavy atom. The molecule has 0 radical (unpaired) electrons. The van der Waals surface area contributed by atoms with Crippen molar-refractivity contribution >= 4 is 64.0 Å². The molecule has 5 rings (SSSR count). The summed E-state index contributed by atoms with van der Waals surface area (Å²) in [5.41, 5.74) is 0.222. The Labute approximate surface area is 243 Å². The van der Waals surface area contributed by atoms with E-state index in [2.05, 4.69) is 10.1 Å². The minimum absolute atomic E-state index is 0.0541. The second kappa shape index (κ2) is 10.7. The average molecular weight is 582 g/mol. The number of carbonyl (C=O) groups excluding carboxylic acids is 2. The van der Waals surface area contributed by atoms with Crippen molar-refractivity contribution < 1.29 is 39.3 Å². The van der Waals surface area contributed by atoms with Gasteiger partial charge in [0.2, 0.25) is 0 Å². The highest BCUT2D eigenvalue weighted by Gasteiger charge is 2.45. The van der Waals surface area contributed by atoms with Gasteiger partial charge >= 0.3 is 17.9 Å². The Bertz CT molecular complexity index is 1810. The van der Waals surface area contributed by atoms with E-state index in [1.807, 2.05) is 19.0 Å². The lowest BCUT2D eigenvalue weighted by molar-refractivity contribution is -0.114. The standard InChI is InChI=1S/C30H23N5O8/c1-15-23-25(32-35(26(23)36)21-6-4-5-16(12-21)28(38)39)34(22-13-17(29(40)41)11-18(14-22)30(42)43)27(37)24(15)31-19-7-9-20(10-8-19)33(2)3/h4-14H,1-3H3,(H,38,39)(H,40,41)(H,42,43). The van der Waals surface area contributed by atoms with Gasteiger partial charge in [-0.05, 0) is 73.2 Å². The molecule has 0 spiro atoms. The largest absolute Gasteiger partial charge is 0.478 e. The van der Waals surface area contributed by atoms with Gasteiger partial charge < -0.3 is 20.2 Å². The van der Waals surface area contributed by atoms with Crippen LogP contribution in [0.5, 0.6) is 0 Å². The first-order valence-corrected chi connectivity index (χ1v) is 12.7. The highest BCUT2D eigenvalue weighted by atomic mass is 16.4. The minimum atomic E-state index is -1.44. The van der Waals surface area contributed by atoms with E-state index in [0.29, 0.717) is 5.69 Å². The number of carboxylic acid groups (broad SMARTS) is 3. The number of rotatable bonds is 7. The van der Waals surface area contributed by atoms with Gasteiger partial charge in [0, 0.05) is 19.8 Å². The summed E-state index contributed by atoms with van der Waals surface area (Å²) in [7, 11) is 3.72. The Balaban J connectivity index is 1.74. The number of fused-ring (bicyclic) bond motifs is 1. The molecule has 3 N–H and O–H groups in total. The maximum atomic E-state index is 14.1. The van der Waals surface area contributed by atoms with Crippen LogP contribution in [0.2, 0.25) is 0 Å². The molecule has 2 amide bonds. The third-order valence-corrected chi connectivity index (χ3v) is 6.79. The van der Waals surface area contributed by atoms with Gasteiger partial charge in [0.05, 0.1) is 39.3 Å². The summed E-state index contributed by atoms with van der Waals surface area (Å²) >= 11 is 0. The second-order valence-corrected chi connectivity index (χ2v) is 9.79. The van der Waals surface area contributed by atoms with Gasteiger partial charge in [0.15, 0.2) is 5.84 Å². The summed E-state index contributed by atoms with van der Waals surface area (Å²) in [4.78, 5) is 70.5. The number of hydrogen-bond acceptors (Lipinski definition) is 8. The number of benzene rings is 3. The van der Waals surface area contributed by atoms with Crippen LogP contribution in [0.1, 0.15) is 38.0 Å². The molecule has 3 aromatic carbocycles.